The first-order valence-electron chi connectivity index (χ1n) is 10.5. The van der Waals surface area contributed by atoms with E-state index in [0.29, 0.717) is 18.1 Å². The number of hydrogen-bond acceptors (Lipinski definition) is 4. The summed E-state index contributed by atoms with van der Waals surface area (Å²) in [7, 11) is 2.04. The Bertz CT molecular complexity index is 999. The Morgan fingerprint density at radius 3 is 2.53 bits per heavy atom. The normalized spacial score (nSPS) is 15.0. The lowest BCUT2D eigenvalue weighted by Crippen LogP contribution is -2.38. The van der Waals surface area contributed by atoms with E-state index in [4.69, 9.17) is 0 Å². The van der Waals surface area contributed by atoms with Crippen molar-refractivity contribution in [3.8, 4) is 5.69 Å². The monoisotopic (exact) mass is 423 g/mol. The highest BCUT2D eigenvalue weighted by Crippen LogP contribution is 2.25. The van der Waals surface area contributed by atoms with Crippen LogP contribution < -0.4 is 0 Å². The first-order valence-corrected chi connectivity index (χ1v) is 11.5. The topological polar surface area (TPSA) is 56.0 Å². The van der Waals surface area contributed by atoms with Crippen LogP contribution in [0.2, 0.25) is 0 Å². The Hall–Kier alpha value is -2.54. The summed E-state index contributed by atoms with van der Waals surface area (Å²) in [5.74, 6) is 2.17. The fraction of sp³-hybridized carbons (Fsp3) is 0.435. The zero-order valence-electron chi connectivity index (χ0n) is 17.9. The predicted molar refractivity (Wildman–Crippen MR) is 120 cm³/mol. The third kappa shape index (κ3) is 4.61. The van der Waals surface area contributed by atoms with Crippen LogP contribution in [0.5, 0.6) is 0 Å². The molecule has 158 valence electrons. The van der Waals surface area contributed by atoms with Gasteiger partial charge in [-0.2, -0.15) is 0 Å². The summed E-state index contributed by atoms with van der Waals surface area (Å²) in [6.45, 7) is 6.07. The molecule has 1 saturated heterocycles. The zero-order chi connectivity index (χ0) is 21.1. The van der Waals surface area contributed by atoms with E-state index in [1.807, 2.05) is 24.2 Å². The number of aromatic nitrogens is 4. The SMILES string of the molecule is Cc1ccc(-n2c(Cc3cccn3C)nnc2SCC(=O)N2CCC(C)CC2)cc1. The van der Waals surface area contributed by atoms with Crippen LogP contribution in [0.1, 0.15) is 36.8 Å². The Kier molecular flexibility index (Phi) is 6.27. The number of likely N-dealkylation sites (tertiary alicyclic amines) is 1. The fourth-order valence-corrected chi connectivity index (χ4v) is 4.65. The molecule has 0 saturated carbocycles. The Labute approximate surface area is 182 Å². The summed E-state index contributed by atoms with van der Waals surface area (Å²) in [4.78, 5) is 14.7. The van der Waals surface area contributed by atoms with Crippen molar-refractivity contribution in [3.63, 3.8) is 0 Å². The molecule has 0 spiro atoms. The second-order valence-corrected chi connectivity index (χ2v) is 9.15. The maximum Gasteiger partial charge on any atom is 0.233 e. The number of piperidine rings is 1. The van der Waals surface area contributed by atoms with Crippen LogP contribution >= 0.6 is 11.8 Å². The number of benzene rings is 1. The van der Waals surface area contributed by atoms with Crippen molar-refractivity contribution in [3.05, 3.63) is 59.7 Å². The first kappa shape index (κ1) is 20.7. The van der Waals surface area contributed by atoms with Crippen molar-refractivity contribution in [2.45, 2.75) is 38.3 Å². The second kappa shape index (κ2) is 9.08. The van der Waals surface area contributed by atoms with Gasteiger partial charge in [0.15, 0.2) is 5.16 Å². The number of carbonyl (C=O) groups excluding carboxylic acids is 1. The van der Waals surface area contributed by atoms with E-state index in [-0.39, 0.29) is 5.91 Å². The average molecular weight is 424 g/mol. The number of carbonyl (C=O) groups is 1. The van der Waals surface area contributed by atoms with Crippen LogP contribution in [0.25, 0.3) is 5.69 Å². The largest absolute Gasteiger partial charge is 0.354 e. The van der Waals surface area contributed by atoms with Gasteiger partial charge in [-0.05, 0) is 49.9 Å². The molecular weight excluding hydrogens is 394 g/mol. The standard InChI is InChI=1S/C23H29N5OS/c1-17-6-8-19(9-7-17)28-21(15-20-5-4-12-26(20)3)24-25-23(28)30-16-22(29)27-13-10-18(2)11-14-27/h4-9,12,18H,10-11,13-16H2,1-3H3. The smallest absolute Gasteiger partial charge is 0.233 e. The van der Waals surface area contributed by atoms with Crippen molar-refractivity contribution in [1.29, 1.82) is 0 Å². The highest BCUT2D eigenvalue weighted by atomic mass is 32.2. The molecule has 0 aliphatic carbocycles. The minimum absolute atomic E-state index is 0.189. The number of nitrogens with zero attached hydrogens (tertiary/aromatic N) is 5. The molecule has 1 fully saturated rings. The van der Waals surface area contributed by atoms with Gasteiger partial charge in [-0.1, -0.05) is 36.4 Å². The average Bonchev–Trinajstić information content (AvgIpc) is 3.34. The number of aryl methyl sites for hydroxylation is 2. The number of rotatable bonds is 6. The van der Waals surface area contributed by atoms with Gasteiger partial charge in [-0.3, -0.25) is 9.36 Å². The van der Waals surface area contributed by atoms with Crippen LogP contribution in [0, 0.1) is 12.8 Å². The van der Waals surface area contributed by atoms with Crippen LogP contribution in [-0.4, -0.2) is 49.0 Å². The van der Waals surface area contributed by atoms with Crippen LogP contribution in [0.3, 0.4) is 0 Å². The van der Waals surface area contributed by atoms with E-state index >= 15 is 0 Å². The van der Waals surface area contributed by atoms with Gasteiger partial charge in [-0.25, -0.2) is 0 Å². The van der Waals surface area contributed by atoms with Crippen molar-refractivity contribution in [2.75, 3.05) is 18.8 Å². The van der Waals surface area contributed by atoms with Gasteiger partial charge in [0.2, 0.25) is 5.91 Å². The van der Waals surface area contributed by atoms with Gasteiger partial charge in [0.1, 0.15) is 5.82 Å². The molecule has 3 aromatic rings. The third-order valence-corrected chi connectivity index (χ3v) is 6.76. The highest BCUT2D eigenvalue weighted by molar-refractivity contribution is 7.99. The Balaban J connectivity index is 1.55. The van der Waals surface area contributed by atoms with E-state index < -0.39 is 0 Å². The number of amides is 1. The molecule has 0 bridgehead atoms. The second-order valence-electron chi connectivity index (χ2n) is 8.21. The van der Waals surface area contributed by atoms with Crippen molar-refractivity contribution < 1.29 is 4.79 Å². The minimum atomic E-state index is 0.189. The lowest BCUT2D eigenvalue weighted by molar-refractivity contribution is -0.129. The number of hydrogen-bond donors (Lipinski definition) is 0. The van der Waals surface area contributed by atoms with Gasteiger partial charge in [0.05, 0.1) is 5.75 Å². The fourth-order valence-electron chi connectivity index (χ4n) is 3.78. The highest BCUT2D eigenvalue weighted by Gasteiger charge is 2.22. The molecule has 0 unspecified atom stereocenters. The minimum Gasteiger partial charge on any atom is -0.354 e. The maximum absolute atomic E-state index is 12.7. The van der Waals surface area contributed by atoms with Crippen LogP contribution in [0.4, 0.5) is 0 Å². The lowest BCUT2D eigenvalue weighted by atomic mass is 9.99. The van der Waals surface area contributed by atoms with E-state index in [1.165, 1.54) is 23.0 Å². The Morgan fingerprint density at radius 2 is 1.87 bits per heavy atom. The van der Waals surface area contributed by atoms with Gasteiger partial charge in [0, 0.05) is 44.1 Å². The summed E-state index contributed by atoms with van der Waals surface area (Å²) in [5, 5.41) is 9.70. The summed E-state index contributed by atoms with van der Waals surface area (Å²) >= 11 is 1.48. The van der Waals surface area contributed by atoms with E-state index in [2.05, 4.69) is 63.5 Å². The summed E-state index contributed by atoms with van der Waals surface area (Å²) in [5.41, 5.74) is 3.40. The van der Waals surface area contributed by atoms with Gasteiger partial charge in [-0.15, -0.1) is 10.2 Å². The molecule has 0 N–H and O–H groups in total. The molecule has 7 heteroatoms. The summed E-state index contributed by atoms with van der Waals surface area (Å²) < 4.78 is 4.19. The van der Waals surface area contributed by atoms with Crippen molar-refractivity contribution in [2.24, 2.45) is 13.0 Å². The van der Waals surface area contributed by atoms with Crippen LogP contribution in [0.15, 0.2) is 47.8 Å². The van der Waals surface area contributed by atoms with Crippen molar-refractivity contribution in [1.82, 2.24) is 24.2 Å². The molecule has 6 nitrogen and oxygen atoms in total. The van der Waals surface area contributed by atoms with Gasteiger partial charge in [0.25, 0.3) is 0 Å². The molecule has 4 rings (SSSR count). The van der Waals surface area contributed by atoms with E-state index in [9.17, 15) is 4.79 Å². The maximum atomic E-state index is 12.7. The Morgan fingerprint density at radius 1 is 1.13 bits per heavy atom. The molecule has 0 radical (unpaired) electrons. The van der Waals surface area contributed by atoms with Crippen molar-refractivity contribution >= 4 is 17.7 Å². The lowest BCUT2D eigenvalue weighted by Gasteiger charge is -2.30. The predicted octanol–water partition coefficient (Wildman–Crippen LogP) is 3.86. The van der Waals surface area contributed by atoms with Gasteiger partial charge >= 0.3 is 0 Å². The molecule has 30 heavy (non-hydrogen) atoms. The van der Waals surface area contributed by atoms with E-state index in [0.717, 1.165) is 42.6 Å². The van der Waals surface area contributed by atoms with Crippen LogP contribution in [-0.2, 0) is 18.3 Å². The molecule has 2 aromatic heterocycles. The molecule has 1 amide bonds. The molecule has 0 atom stereocenters. The third-order valence-electron chi connectivity index (χ3n) is 5.84. The molecule has 1 aliphatic rings. The molecule has 1 aromatic carbocycles. The van der Waals surface area contributed by atoms with E-state index in [1.54, 1.807) is 0 Å². The number of thioether (sulfide) groups is 1. The zero-order valence-corrected chi connectivity index (χ0v) is 18.7. The molecule has 1 aliphatic heterocycles. The summed E-state index contributed by atoms with van der Waals surface area (Å²) in [6.07, 6.45) is 4.91. The molecular formula is C23H29N5OS. The quantitative estimate of drug-likeness (QED) is 0.565. The van der Waals surface area contributed by atoms with Gasteiger partial charge < -0.3 is 9.47 Å². The summed E-state index contributed by atoms with van der Waals surface area (Å²) in [6, 6.07) is 12.5. The molecule has 3 heterocycles. The first-order chi connectivity index (χ1) is 14.5.